The third kappa shape index (κ3) is 3.34. The average Bonchev–Trinajstić information content (AvgIpc) is 2.88. The fraction of sp³-hybridized carbons (Fsp3) is 0.308. The van der Waals surface area contributed by atoms with Crippen molar-refractivity contribution in [3.05, 3.63) is 24.3 Å². The highest BCUT2D eigenvalue weighted by molar-refractivity contribution is 7.99. The number of carboxylic acids is 1. The van der Waals surface area contributed by atoms with Gasteiger partial charge in [0.1, 0.15) is 0 Å². The van der Waals surface area contributed by atoms with Crippen LogP contribution < -0.4 is 0 Å². The van der Waals surface area contributed by atoms with Crippen LogP contribution >= 0.6 is 23.5 Å². The first-order chi connectivity index (χ1) is 9.65. The standard InChI is InChI=1S/C13H15N3O2S2/c1-3-16-12(9-4-6-10(19-2)7-5-9)14-15-13(16)20-8-11(17)18/h4-7H,3,8H2,1-2H3,(H,17,18). The molecule has 1 heterocycles. The lowest BCUT2D eigenvalue weighted by molar-refractivity contribution is -0.133. The Kier molecular flexibility index (Phi) is 5.08. The van der Waals surface area contributed by atoms with Crippen LogP contribution in [-0.4, -0.2) is 37.8 Å². The summed E-state index contributed by atoms with van der Waals surface area (Å²) in [5, 5.41) is 17.6. The summed E-state index contributed by atoms with van der Waals surface area (Å²) in [7, 11) is 0. The molecule has 0 aliphatic rings. The molecule has 1 aromatic heterocycles. The fourth-order valence-electron chi connectivity index (χ4n) is 1.76. The normalized spacial score (nSPS) is 10.7. The lowest BCUT2D eigenvalue weighted by atomic mass is 10.2. The highest BCUT2D eigenvalue weighted by Crippen LogP contribution is 2.25. The molecule has 0 aliphatic heterocycles. The van der Waals surface area contributed by atoms with Gasteiger partial charge in [-0.2, -0.15) is 0 Å². The number of benzene rings is 1. The zero-order valence-electron chi connectivity index (χ0n) is 11.2. The number of thioether (sulfide) groups is 2. The van der Waals surface area contributed by atoms with E-state index in [9.17, 15) is 4.79 Å². The first-order valence-electron chi connectivity index (χ1n) is 6.08. The van der Waals surface area contributed by atoms with Crippen molar-refractivity contribution in [2.45, 2.75) is 23.5 Å². The first kappa shape index (κ1) is 14.9. The summed E-state index contributed by atoms with van der Waals surface area (Å²) < 4.78 is 1.93. The van der Waals surface area contributed by atoms with Gasteiger partial charge in [-0.05, 0) is 25.3 Å². The summed E-state index contributed by atoms with van der Waals surface area (Å²) in [6.07, 6.45) is 2.03. The lowest BCUT2D eigenvalue weighted by Gasteiger charge is -2.07. The maximum absolute atomic E-state index is 10.6. The molecule has 0 saturated heterocycles. The van der Waals surface area contributed by atoms with Crippen LogP contribution in [0, 0.1) is 0 Å². The lowest BCUT2D eigenvalue weighted by Crippen LogP contribution is -2.03. The Morgan fingerprint density at radius 1 is 1.30 bits per heavy atom. The van der Waals surface area contributed by atoms with Crippen molar-refractivity contribution in [1.82, 2.24) is 14.8 Å². The molecule has 0 aliphatic carbocycles. The summed E-state index contributed by atoms with van der Waals surface area (Å²) in [4.78, 5) is 11.8. The summed E-state index contributed by atoms with van der Waals surface area (Å²) in [5.41, 5.74) is 0.985. The highest BCUT2D eigenvalue weighted by Gasteiger charge is 2.14. The molecular formula is C13H15N3O2S2. The van der Waals surface area contributed by atoms with Crippen LogP contribution in [0.3, 0.4) is 0 Å². The highest BCUT2D eigenvalue weighted by atomic mass is 32.2. The minimum Gasteiger partial charge on any atom is -0.481 e. The van der Waals surface area contributed by atoms with Crippen molar-refractivity contribution >= 4 is 29.5 Å². The number of nitrogens with zero attached hydrogens (tertiary/aromatic N) is 3. The van der Waals surface area contributed by atoms with Gasteiger partial charge in [0.25, 0.3) is 0 Å². The molecule has 0 fully saturated rings. The third-order valence-electron chi connectivity index (χ3n) is 2.71. The number of aromatic nitrogens is 3. The minimum absolute atomic E-state index is 0.0104. The van der Waals surface area contributed by atoms with Gasteiger partial charge in [0.2, 0.25) is 0 Å². The van der Waals surface area contributed by atoms with Crippen LogP contribution in [0.1, 0.15) is 6.92 Å². The van der Waals surface area contributed by atoms with Gasteiger partial charge in [-0.3, -0.25) is 4.79 Å². The van der Waals surface area contributed by atoms with E-state index in [1.807, 2.05) is 42.0 Å². The van der Waals surface area contributed by atoms with Crippen molar-refractivity contribution in [1.29, 1.82) is 0 Å². The summed E-state index contributed by atoms with van der Waals surface area (Å²) >= 11 is 2.88. The number of carbonyl (C=O) groups is 1. The quantitative estimate of drug-likeness (QED) is 0.828. The molecule has 2 rings (SSSR count). The molecule has 1 aromatic carbocycles. The maximum Gasteiger partial charge on any atom is 0.313 e. The Labute approximate surface area is 125 Å². The molecule has 0 atom stereocenters. The Morgan fingerprint density at radius 3 is 2.55 bits per heavy atom. The minimum atomic E-state index is -0.855. The third-order valence-corrected chi connectivity index (χ3v) is 4.40. The SMILES string of the molecule is CCn1c(SCC(=O)O)nnc1-c1ccc(SC)cc1. The van der Waals surface area contributed by atoms with E-state index in [1.54, 1.807) is 11.8 Å². The van der Waals surface area contributed by atoms with Crippen LogP contribution in [0.15, 0.2) is 34.3 Å². The zero-order valence-corrected chi connectivity index (χ0v) is 12.9. The largest absolute Gasteiger partial charge is 0.481 e. The van der Waals surface area contributed by atoms with Gasteiger partial charge in [0, 0.05) is 17.0 Å². The number of carboxylic acid groups (broad SMARTS) is 1. The second-order valence-corrected chi connectivity index (χ2v) is 5.78. The van der Waals surface area contributed by atoms with Gasteiger partial charge in [-0.15, -0.1) is 22.0 Å². The molecule has 5 nitrogen and oxygen atoms in total. The Bertz CT molecular complexity index is 596. The van der Waals surface area contributed by atoms with Crippen LogP contribution in [0.2, 0.25) is 0 Å². The Hall–Kier alpha value is -1.47. The molecule has 0 amide bonds. The van der Waals surface area contributed by atoms with Gasteiger partial charge in [-0.1, -0.05) is 23.9 Å². The van der Waals surface area contributed by atoms with Gasteiger partial charge in [-0.25, -0.2) is 0 Å². The summed E-state index contributed by atoms with van der Waals surface area (Å²) in [5.74, 6) is -0.0941. The number of rotatable bonds is 6. The average molecular weight is 309 g/mol. The van der Waals surface area contributed by atoms with Crippen molar-refractivity contribution in [2.75, 3.05) is 12.0 Å². The Morgan fingerprint density at radius 2 is 2.00 bits per heavy atom. The molecular weight excluding hydrogens is 294 g/mol. The van der Waals surface area contributed by atoms with Crippen LogP contribution in [0.5, 0.6) is 0 Å². The second-order valence-electron chi connectivity index (χ2n) is 3.96. The summed E-state index contributed by atoms with van der Waals surface area (Å²) in [6.45, 7) is 2.70. The van der Waals surface area contributed by atoms with E-state index in [-0.39, 0.29) is 5.75 Å². The van der Waals surface area contributed by atoms with Crippen molar-refractivity contribution < 1.29 is 9.90 Å². The van der Waals surface area contributed by atoms with Crippen molar-refractivity contribution in [2.24, 2.45) is 0 Å². The van der Waals surface area contributed by atoms with Crippen LogP contribution in [0.4, 0.5) is 0 Å². The van der Waals surface area contributed by atoms with Crippen LogP contribution in [0.25, 0.3) is 11.4 Å². The molecule has 1 N–H and O–H groups in total. The van der Waals surface area contributed by atoms with E-state index in [2.05, 4.69) is 10.2 Å². The second kappa shape index (κ2) is 6.81. The van der Waals surface area contributed by atoms with Crippen molar-refractivity contribution in [3.8, 4) is 11.4 Å². The molecule has 0 saturated carbocycles. The smallest absolute Gasteiger partial charge is 0.313 e. The number of hydrogen-bond donors (Lipinski definition) is 1. The van der Waals surface area contributed by atoms with E-state index in [4.69, 9.17) is 5.11 Å². The van der Waals surface area contributed by atoms with E-state index in [0.717, 1.165) is 11.4 Å². The fourth-order valence-corrected chi connectivity index (χ4v) is 2.89. The van der Waals surface area contributed by atoms with E-state index >= 15 is 0 Å². The van der Waals surface area contributed by atoms with Gasteiger partial charge in [0.05, 0.1) is 5.75 Å². The molecule has 0 radical (unpaired) electrons. The van der Waals surface area contributed by atoms with Crippen LogP contribution in [-0.2, 0) is 11.3 Å². The topological polar surface area (TPSA) is 68.0 Å². The monoisotopic (exact) mass is 309 g/mol. The molecule has 7 heteroatoms. The van der Waals surface area contributed by atoms with Crippen molar-refractivity contribution in [3.63, 3.8) is 0 Å². The Balaban J connectivity index is 2.28. The van der Waals surface area contributed by atoms with E-state index < -0.39 is 5.97 Å². The molecule has 106 valence electrons. The predicted molar refractivity (Wildman–Crippen MR) is 81.3 cm³/mol. The molecule has 2 aromatic rings. The molecule has 0 unspecified atom stereocenters. The molecule has 20 heavy (non-hydrogen) atoms. The molecule has 0 spiro atoms. The molecule has 0 bridgehead atoms. The van der Waals surface area contributed by atoms with E-state index in [0.29, 0.717) is 11.7 Å². The zero-order chi connectivity index (χ0) is 14.5. The van der Waals surface area contributed by atoms with Gasteiger partial charge in [0.15, 0.2) is 11.0 Å². The number of hydrogen-bond acceptors (Lipinski definition) is 5. The first-order valence-corrected chi connectivity index (χ1v) is 8.29. The van der Waals surface area contributed by atoms with Gasteiger partial charge < -0.3 is 9.67 Å². The number of aliphatic carboxylic acids is 1. The van der Waals surface area contributed by atoms with Gasteiger partial charge >= 0.3 is 5.97 Å². The van der Waals surface area contributed by atoms with E-state index in [1.165, 1.54) is 16.7 Å². The summed E-state index contributed by atoms with van der Waals surface area (Å²) in [6, 6.07) is 8.10. The predicted octanol–water partition coefficient (Wildman–Crippen LogP) is 2.86. The maximum atomic E-state index is 10.6.